The van der Waals surface area contributed by atoms with Crippen molar-refractivity contribution in [3.05, 3.63) is 131 Å². The molecule has 244 valence electrons. The van der Waals surface area contributed by atoms with Crippen LogP contribution in [0.25, 0.3) is 11.0 Å². The number of imidazole rings is 1. The zero-order valence-electron chi connectivity index (χ0n) is 27.6. The second-order valence-corrected chi connectivity index (χ2v) is 19.4. The van der Waals surface area contributed by atoms with Crippen molar-refractivity contribution in [1.82, 2.24) is 19.4 Å². The molecule has 1 amide bonds. The minimum absolute atomic E-state index is 0.104. The number of benzene rings is 3. The van der Waals surface area contributed by atoms with E-state index >= 15 is 0 Å². The molecule has 3 aromatic carbocycles. The van der Waals surface area contributed by atoms with Gasteiger partial charge in [-0.25, -0.2) is 4.98 Å². The Hall–Kier alpha value is -4.15. The molecule has 1 aliphatic carbocycles. The first-order chi connectivity index (χ1) is 22.6. The number of pyridine rings is 1. The molecule has 0 aliphatic heterocycles. The van der Waals surface area contributed by atoms with Crippen molar-refractivity contribution in [1.29, 1.82) is 0 Å². The van der Waals surface area contributed by atoms with Crippen molar-refractivity contribution in [2.75, 3.05) is 6.61 Å². The van der Waals surface area contributed by atoms with Crippen molar-refractivity contribution < 1.29 is 14.6 Å². The van der Waals surface area contributed by atoms with Crippen molar-refractivity contribution >= 4 is 25.0 Å². The lowest BCUT2D eigenvalue weighted by atomic mass is 9.85. The Morgan fingerprint density at radius 1 is 0.979 bits per heavy atom. The van der Waals surface area contributed by atoms with E-state index in [4.69, 9.17) is 20.4 Å². The fraction of sp³-hybridized carbons (Fsp3) is 0.342. The number of rotatable bonds is 13. The maximum atomic E-state index is 12.6. The van der Waals surface area contributed by atoms with E-state index in [9.17, 15) is 9.90 Å². The molecule has 9 heteroatoms. The Morgan fingerprint density at radius 3 is 2.45 bits per heavy atom. The van der Waals surface area contributed by atoms with Gasteiger partial charge in [-0.3, -0.25) is 14.7 Å². The first-order valence-corrected chi connectivity index (χ1v) is 20.2. The molecular formula is C38H45N5O3Si. The zero-order chi connectivity index (χ0) is 33.0. The highest BCUT2D eigenvalue weighted by Crippen LogP contribution is 2.36. The van der Waals surface area contributed by atoms with E-state index in [0.29, 0.717) is 30.9 Å². The zero-order valence-corrected chi connectivity index (χ0v) is 28.6. The van der Waals surface area contributed by atoms with Gasteiger partial charge in [-0.05, 0) is 65.8 Å². The summed E-state index contributed by atoms with van der Waals surface area (Å²) >= 11 is 0. The van der Waals surface area contributed by atoms with E-state index in [1.54, 1.807) is 36.4 Å². The molecule has 1 aliphatic rings. The normalized spacial score (nSPS) is 16.2. The highest BCUT2D eigenvalue weighted by molar-refractivity contribution is 6.76. The smallest absolute Gasteiger partial charge is 0.258 e. The molecule has 5 aromatic rings. The van der Waals surface area contributed by atoms with E-state index in [1.165, 1.54) is 5.56 Å². The predicted octanol–water partition coefficient (Wildman–Crippen LogP) is 6.54. The van der Waals surface area contributed by atoms with E-state index in [-0.39, 0.29) is 6.04 Å². The Balaban J connectivity index is 1.33. The van der Waals surface area contributed by atoms with Gasteiger partial charge in [0.1, 0.15) is 12.6 Å². The number of aliphatic hydroxyl groups is 1. The highest BCUT2D eigenvalue weighted by Gasteiger charge is 2.38. The molecule has 0 radical (unpaired) electrons. The second-order valence-electron chi connectivity index (χ2n) is 13.8. The Morgan fingerprint density at radius 2 is 1.70 bits per heavy atom. The topological polar surface area (TPSA) is 106 Å². The molecule has 6 rings (SSSR count). The predicted molar refractivity (Wildman–Crippen MR) is 188 cm³/mol. The number of hydrogen-bond donors (Lipinski definition) is 2. The molecule has 0 saturated carbocycles. The molecule has 3 N–H and O–H groups in total. The maximum Gasteiger partial charge on any atom is 0.258 e. The van der Waals surface area contributed by atoms with Crippen LogP contribution in [0, 0.1) is 0 Å². The van der Waals surface area contributed by atoms with Crippen molar-refractivity contribution in [3.8, 4) is 0 Å². The fourth-order valence-corrected chi connectivity index (χ4v) is 7.30. The molecule has 2 unspecified atom stereocenters. The summed E-state index contributed by atoms with van der Waals surface area (Å²) in [6.45, 7) is 9.51. The average molecular weight is 648 g/mol. The Bertz CT molecular complexity index is 1820. The average Bonchev–Trinajstić information content (AvgIpc) is 3.42. The lowest BCUT2D eigenvalue weighted by Gasteiger charge is -2.35. The third kappa shape index (κ3) is 7.23. The van der Waals surface area contributed by atoms with Gasteiger partial charge in [-0.2, -0.15) is 0 Å². The minimum atomic E-state index is -1.92. The van der Waals surface area contributed by atoms with Gasteiger partial charge in [0, 0.05) is 27.4 Å². The molecule has 2 aromatic heterocycles. The van der Waals surface area contributed by atoms with Crippen LogP contribution in [0.5, 0.6) is 0 Å². The third-order valence-electron chi connectivity index (χ3n) is 9.21. The first kappa shape index (κ1) is 32.8. The number of ether oxygens (including phenoxy) is 1. The van der Waals surface area contributed by atoms with E-state index in [2.05, 4.69) is 53.4 Å². The summed E-state index contributed by atoms with van der Waals surface area (Å²) in [5, 5.41) is 11.5. The summed E-state index contributed by atoms with van der Waals surface area (Å²) in [4.78, 5) is 25.1. The Kier molecular flexibility index (Phi) is 9.70. The Labute approximate surface area is 278 Å². The van der Waals surface area contributed by atoms with Gasteiger partial charge >= 0.3 is 0 Å². The lowest BCUT2D eigenvalue weighted by molar-refractivity contribution is -0.133. The van der Waals surface area contributed by atoms with Gasteiger partial charge in [-0.15, -0.1) is 0 Å². The van der Waals surface area contributed by atoms with Gasteiger partial charge in [-0.1, -0.05) is 92.4 Å². The van der Waals surface area contributed by atoms with Crippen molar-refractivity contribution in [3.63, 3.8) is 0 Å². The van der Waals surface area contributed by atoms with E-state index < -0.39 is 19.6 Å². The van der Waals surface area contributed by atoms with Crippen LogP contribution in [0.1, 0.15) is 52.7 Å². The highest BCUT2D eigenvalue weighted by atomic mass is 28.3. The number of carbonyl (C=O) groups is 1. The molecule has 0 bridgehead atoms. The summed E-state index contributed by atoms with van der Waals surface area (Å²) in [5.41, 5.74) is 10.2. The van der Waals surface area contributed by atoms with Crippen LogP contribution in [0.2, 0.25) is 25.7 Å². The number of fused-ring (bicyclic) bond motifs is 2. The number of hydrogen-bond acceptors (Lipinski definition) is 6. The van der Waals surface area contributed by atoms with Gasteiger partial charge in [0.25, 0.3) is 5.91 Å². The van der Waals surface area contributed by atoms with Crippen molar-refractivity contribution in [2.24, 2.45) is 5.73 Å². The van der Waals surface area contributed by atoms with Gasteiger partial charge in [0.2, 0.25) is 0 Å². The van der Waals surface area contributed by atoms with E-state index in [0.717, 1.165) is 60.0 Å². The molecular weight excluding hydrogens is 603 g/mol. The number of nitrogens with zero attached hydrogens (tertiary/aromatic N) is 4. The van der Waals surface area contributed by atoms with Crippen LogP contribution in [-0.4, -0.2) is 45.1 Å². The van der Waals surface area contributed by atoms with Crippen molar-refractivity contribution in [2.45, 2.75) is 76.4 Å². The molecule has 0 saturated heterocycles. The summed E-state index contributed by atoms with van der Waals surface area (Å²) in [7, 11) is -1.22. The number of aryl methyl sites for hydroxylation is 1. The maximum absolute atomic E-state index is 12.6. The first-order valence-electron chi connectivity index (χ1n) is 16.5. The van der Waals surface area contributed by atoms with Crippen LogP contribution >= 0.6 is 0 Å². The minimum Gasteiger partial charge on any atom is -0.372 e. The number of aromatic nitrogens is 3. The number of amides is 1. The number of carbonyl (C=O) groups excluding carboxylic acids is 1. The summed E-state index contributed by atoms with van der Waals surface area (Å²) in [5.74, 6) is 0.139. The van der Waals surface area contributed by atoms with Gasteiger partial charge in [0.15, 0.2) is 5.60 Å². The standard InChI is InChI=1S/C38H45N5O3Si/c1-47(2,3)24-23-46-27-43-33-16-8-7-15-32(33)41-35(43)26-42(34-17-9-11-29-12-10-22-40-36(29)34)25-28-18-20-31(21-19-28)38(45,37(39)44)30-13-5-4-6-14-30/h4-8,10,12-16,18-22,34,45H,9,11,17,23-27H2,1-3H3,(H2,39,44). The lowest BCUT2D eigenvalue weighted by Crippen LogP contribution is -2.42. The second kappa shape index (κ2) is 13.9. The quantitative estimate of drug-likeness (QED) is 0.111. The number of para-hydroxylation sites is 2. The van der Waals surface area contributed by atoms with Crippen LogP contribution < -0.4 is 5.73 Å². The molecule has 0 fully saturated rings. The molecule has 8 nitrogen and oxygen atoms in total. The SMILES string of the molecule is C[Si](C)(C)CCOCn1c(CN(Cc2ccc(C(O)(C(N)=O)c3ccccc3)cc2)C2CCCc3cccnc32)nc2ccccc21. The summed E-state index contributed by atoms with van der Waals surface area (Å²) in [6.07, 6.45) is 4.99. The number of nitrogens with two attached hydrogens (primary N) is 1. The molecule has 47 heavy (non-hydrogen) atoms. The molecule has 2 atom stereocenters. The monoisotopic (exact) mass is 647 g/mol. The largest absolute Gasteiger partial charge is 0.372 e. The molecule has 0 spiro atoms. The number of primary amides is 1. The fourth-order valence-electron chi connectivity index (χ4n) is 6.54. The van der Waals surface area contributed by atoms with Crippen LogP contribution in [0.15, 0.2) is 97.2 Å². The third-order valence-corrected chi connectivity index (χ3v) is 10.9. The van der Waals surface area contributed by atoms with Crippen LogP contribution in [0.4, 0.5) is 0 Å². The van der Waals surface area contributed by atoms with Crippen LogP contribution in [-0.2, 0) is 41.4 Å². The van der Waals surface area contributed by atoms with Crippen LogP contribution in [0.3, 0.4) is 0 Å². The van der Waals surface area contributed by atoms with Gasteiger partial charge < -0.3 is 20.1 Å². The summed E-state index contributed by atoms with van der Waals surface area (Å²) in [6, 6.07) is 30.1. The van der Waals surface area contributed by atoms with Gasteiger partial charge in [0.05, 0.1) is 29.3 Å². The molecule has 2 heterocycles. The van der Waals surface area contributed by atoms with E-state index in [1.807, 2.05) is 36.5 Å². The summed E-state index contributed by atoms with van der Waals surface area (Å²) < 4.78 is 8.48.